The Morgan fingerprint density at radius 3 is 2.41 bits per heavy atom. The lowest BCUT2D eigenvalue weighted by atomic mass is 10.2. The molecule has 124 valence electrons. The van der Waals surface area contributed by atoms with E-state index in [1.165, 1.54) is 36.7 Å². The van der Waals surface area contributed by atoms with E-state index in [0.29, 0.717) is 26.2 Å². The first-order valence-corrected chi connectivity index (χ1v) is 7.92. The normalized spacial score (nSPS) is 15.7. The predicted octanol–water partition coefficient (Wildman–Crippen LogP) is 0.498. The van der Waals surface area contributed by atoms with Crippen molar-refractivity contribution in [2.75, 3.05) is 40.4 Å². The third-order valence-electron chi connectivity index (χ3n) is 3.29. The van der Waals surface area contributed by atoms with E-state index >= 15 is 0 Å². The molecule has 1 aliphatic heterocycles. The molecular weight excluding hydrogens is 332 g/mol. The van der Waals surface area contributed by atoms with Gasteiger partial charge in [0, 0.05) is 26.2 Å². The predicted molar refractivity (Wildman–Crippen MR) is 83.2 cm³/mol. The fourth-order valence-corrected chi connectivity index (χ4v) is 3.62. The molecule has 7 nitrogen and oxygen atoms in total. The molecule has 0 aliphatic carbocycles. The molecule has 1 N–H and O–H groups in total. The molecule has 0 saturated carbocycles. The third-order valence-corrected chi connectivity index (χ3v) is 5.18. The highest BCUT2D eigenvalue weighted by Crippen LogP contribution is 2.25. The van der Waals surface area contributed by atoms with Crippen LogP contribution in [0.5, 0.6) is 5.75 Å². The van der Waals surface area contributed by atoms with Crippen LogP contribution >= 0.6 is 12.4 Å². The first-order chi connectivity index (χ1) is 10.0. The number of rotatable bonds is 4. The Morgan fingerprint density at radius 1 is 1.23 bits per heavy atom. The first kappa shape index (κ1) is 18.7. The summed E-state index contributed by atoms with van der Waals surface area (Å²) in [5, 5.41) is 3.10. The average molecular weight is 351 g/mol. The molecule has 0 radical (unpaired) electrons. The van der Waals surface area contributed by atoms with Crippen LogP contribution in [-0.2, 0) is 14.8 Å². The number of ether oxygens (including phenoxy) is 2. The van der Waals surface area contributed by atoms with Crippen LogP contribution in [-0.4, -0.2) is 59.1 Å². The Hall–Kier alpha value is -1.35. The summed E-state index contributed by atoms with van der Waals surface area (Å²) >= 11 is 0. The lowest BCUT2D eigenvalue weighted by molar-refractivity contribution is 0.0597. The Morgan fingerprint density at radius 2 is 1.86 bits per heavy atom. The van der Waals surface area contributed by atoms with Gasteiger partial charge in [0.1, 0.15) is 11.3 Å². The number of sulfonamides is 1. The van der Waals surface area contributed by atoms with E-state index < -0.39 is 16.0 Å². The quantitative estimate of drug-likeness (QED) is 0.796. The van der Waals surface area contributed by atoms with Crippen molar-refractivity contribution in [1.29, 1.82) is 0 Å². The second-order valence-electron chi connectivity index (χ2n) is 4.51. The standard InChI is InChI=1S/C13H18N2O5S.ClH/c1-19-12-4-3-10(9-11(12)13(16)20-2)21(17,18)15-7-5-14-6-8-15;/h3-4,9,14H,5-8H2,1-2H3;1H. The van der Waals surface area contributed by atoms with Gasteiger partial charge in [-0.15, -0.1) is 12.4 Å². The highest BCUT2D eigenvalue weighted by Gasteiger charge is 2.27. The van der Waals surface area contributed by atoms with Crippen molar-refractivity contribution in [1.82, 2.24) is 9.62 Å². The SMILES string of the molecule is COC(=O)c1cc(S(=O)(=O)N2CCNCC2)ccc1OC.Cl. The van der Waals surface area contributed by atoms with Crippen LogP contribution in [0.4, 0.5) is 0 Å². The van der Waals surface area contributed by atoms with E-state index in [0.717, 1.165) is 0 Å². The van der Waals surface area contributed by atoms with Gasteiger partial charge in [0.15, 0.2) is 0 Å². The van der Waals surface area contributed by atoms with Crippen LogP contribution in [0.2, 0.25) is 0 Å². The van der Waals surface area contributed by atoms with E-state index in [9.17, 15) is 13.2 Å². The van der Waals surface area contributed by atoms with Crippen LogP contribution in [0.3, 0.4) is 0 Å². The van der Waals surface area contributed by atoms with Crippen molar-refractivity contribution >= 4 is 28.4 Å². The minimum Gasteiger partial charge on any atom is -0.496 e. The number of piperazine rings is 1. The van der Waals surface area contributed by atoms with Gasteiger partial charge in [0.25, 0.3) is 0 Å². The zero-order valence-electron chi connectivity index (χ0n) is 12.4. The van der Waals surface area contributed by atoms with Gasteiger partial charge in [-0.1, -0.05) is 0 Å². The van der Waals surface area contributed by atoms with Gasteiger partial charge in [0.05, 0.1) is 19.1 Å². The van der Waals surface area contributed by atoms with E-state index in [1.807, 2.05) is 0 Å². The Balaban J connectivity index is 0.00000242. The van der Waals surface area contributed by atoms with Crippen molar-refractivity contribution in [2.24, 2.45) is 0 Å². The van der Waals surface area contributed by atoms with Gasteiger partial charge in [-0.3, -0.25) is 0 Å². The van der Waals surface area contributed by atoms with Crippen molar-refractivity contribution < 1.29 is 22.7 Å². The summed E-state index contributed by atoms with van der Waals surface area (Å²) in [5.41, 5.74) is 0.0937. The molecule has 1 aromatic carbocycles. The number of carbonyl (C=O) groups is 1. The van der Waals surface area contributed by atoms with Crippen LogP contribution in [0.25, 0.3) is 0 Å². The molecule has 1 saturated heterocycles. The summed E-state index contributed by atoms with van der Waals surface area (Å²) < 4.78 is 36.2. The zero-order chi connectivity index (χ0) is 15.5. The van der Waals surface area contributed by atoms with Crippen molar-refractivity contribution in [2.45, 2.75) is 4.90 Å². The van der Waals surface area contributed by atoms with Crippen LogP contribution in [0, 0.1) is 0 Å². The maximum Gasteiger partial charge on any atom is 0.341 e. The molecule has 0 amide bonds. The van der Waals surface area contributed by atoms with Crippen LogP contribution in [0.15, 0.2) is 23.1 Å². The topological polar surface area (TPSA) is 84.9 Å². The molecule has 1 aliphatic rings. The first-order valence-electron chi connectivity index (χ1n) is 6.48. The fourth-order valence-electron chi connectivity index (χ4n) is 2.15. The highest BCUT2D eigenvalue weighted by atomic mass is 35.5. The van der Waals surface area contributed by atoms with E-state index in [-0.39, 0.29) is 28.6 Å². The Labute approximate surface area is 136 Å². The minimum atomic E-state index is -3.62. The Bertz CT molecular complexity index is 629. The number of esters is 1. The number of nitrogens with one attached hydrogen (secondary N) is 1. The third kappa shape index (κ3) is 3.70. The van der Waals surface area contributed by atoms with Gasteiger partial charge in [0.2, 0.25) is 10.0 Å². The molecule has 0 bridgehead atoms. The van der Waals surface area contributed by atoms with E-state index in [2.05, 4.69) is 10.1 Å². The number of benzene rings is 1. The number of nitrogens with zero attached hydrogens (tertiary/aromatic N) is 1. The number of hydrogen-bond acceptors (Lipinski definition) is 6. The smallest absolute Gasteiger partial charge is 0.341 e. The lowest BCUT2D eigenvalue weighted by Gasteiger charge is -2.26. The summed E-state index contributed by atoms with van der Waals surface area (Å²) in [4.78, 5) is 11.8. The molecule has 1 aromatic rings. The molecule has 0 unspecified atom stereocenters. The highest BCUT2D eigenvalue weighted by molar-refractivity contribution is 7.89. The molecule has 1 fully saturated rings. The van der Waals surface area contributed by atoms with Crippen LogP contribution in [0.1, 0.15) is 10.4 Å². The second-order valence-corrected chi connectivity index (χ2v) is 6.45. The van der Waals surface area contributed by atoms with Gasteiger partial charge in [-0.05, 0) is 18.2 Å². The van der Waals surface area contributed by atoms with Gasteiger partial charge in [-0.2, -0.15) is 4.31 Å². The molecule has 2 rings (SSSR count). The molecular formula is C13H19ClN2O5S. The number of halogens is 1. The number of carbonyl (C=O) groups excluding carboxylic acids is 1. The summed E-state index contributed by atoms with van der Waals surface area (Å²) in [6, 6.07) is 4.19. The maximum absolute atomic E-state index is 12.6. The molecule has 0 atom stereocenters. The number of methoxy groups -OCH3 is 2. The van der Waals surface area contributed by atoms with E-state index in [4.69, 9.17) is 4.74 Å². The fraction of sp³-hybridized carbons (Fsp3) is 0.462. The van der Waals surface area contributed by atoms with E-state index in [1.54, 1.807) is 0 Å². The van der Waals surface area contributed by atoms with Gasteiger partial charge in [-0.25, -0.2) is 13.2 Å². The monoisotopic (exact) mass is 350 g/mol. The molecule has 22 heavy (non-hydrogen) atoms. The zero-order valence-corrected chi connectivity index (χ0v) is 14.0. The summed E-state index contributed by atoms with van der Waals surface area (Å²) in [6.45, 7) is 2.03. The lowest BCUT2D eigenvalue weighted by Crippen LogP contribution is -2.46. The summed E-state index contributed by atoms with van der Waals surface area (Å²) in [6.07, 6.45) is 0. The largest absolute Gasteiger partial charge is 0.496 e. The second kappa shape index (κ2) is 7.77. The van der Waals surface area contributed by atoms with Crippen molar-refractivity contribution in [3.8, 4) is 5.75 Å². The molecule has 9 heteroatoms. The summed E-state index contributed by atoms with van der Waals surface area (Å²) in [5.74, 6) is -0.356. The average Bonchev–Trinajstić information content (AvgIpc) is 2.54. The van der Waals surface area contributed by atoms with Crippen LogP contribution < -0.4 is 10.1 Å². The minimum absolute atomic E-state index is 0. The molecule has 0 aromatic heterocycles. The van der Waals surface area contributed by atoms with Crippen molar-refractivity contribution in [3.63, 3.8) is 0 Å². The van der Waals surface area contributed by atoms with Gasteiger partial charge < -0.3 is 14.8 Å². The number of hydrogen-bond donors (Lipinski definition) is 1. The maximum atomic E-state index is 12.6. The Kier molecular flexibility index (Phi) is 6.61. The molecule has 1 heterocycles. The summed E-state index contributed by atoms with van der Waals surface area (Å²) in [7, 11) is -0.977. The van der Waals surface area contributed by atoms with Crippen molar-refractivity contribution in [3.05, 3.63) is 23.8 Å². The van der Waals surface area contributed by atoms with Gasteiger partial charge >= 0.3 is 5.97 Å². The molecule has 0 spiro atoms.